The number of carbonyl (C=O) groups excluding carboxylic acids is 1. The van der Waals surface area contributed by atoms with Crippen LogP contribution in [-0.2, 0) is 11.2 Å². The number of hydrogen-bond donors (Lipinski definition) is 0. The summed E-state index contributed by atoms with van der Waals surface area (Å²) in [5.41, 5.74) is 5.42. The third kappa shape index (κ3) is 3.55. The molecular formula is C23H24N2O. The predicted octanol–water partition coefficient (Wildman–Crippen LogP) is 5.56. The molecule has 0 atom stereocenters. The number of carbonyl (C=O) groups is 1. The highest BCUT2D eigenvalue weighted by molar-refractivity contribution is 6.23. The molecule has 2 aromatic rings. The molecule has 132 valence electrons. The second-order valence-corrected chi connectivity index (χ2v) is 7.86. The Morgan fingerprint density at radius 2 is 1.85 bits per heavy atom. The van der Waals surface area contributed by atoms with E-state index in [4.69, 9.17) is 6.57 Å². The van der Waals surface area contributed by atoms with Gasteiger partial charge in [0.15, 0.2) is 11.5 Å². The molecule has 0 N–H and O–H groups in total. The lowest BCUT2D eigenvalue weighted by Gasteiger charge is -2.22. The van der Waals surface area contributed by atoms with Gasteiger partial charge in [-0.3, -0.25) is 4.79 Å². The fourth-order valence-corrected chi connectivity index (χ4v) is 3.23. The number of ketones is 1. The molecule has 0 saturated heterocycles. The first kappa shape index (κ1) is 17.9. The van der Waals surface area contributed by atoms with Crippen molar-refractivity contribution >= 4 is 22.7 Å². The minimum atomic E-state index is -0.472. The van der Waals surface area contributed by atoms with Crippen molar-refractivity contribution in [3.63, 3.8) is 0 Å². The van der Waals surface area contributed by atoms with Crippen LogP contribution in [0.5, 0.6) is 0 Å². The summed E-state index contributed by atoms with van der Waals surface area (Å²) in [6.07, 6.45) is 2.97. The molecule has 3 nitrogen and oxygen atoms in total. The molecule has 26 heavy (non-hydrogen) atoms. The van der Waals surface area contributed by atoms with Gasteiger partial charge in [-0.2, -0.15) is 0 Å². The number of anilines is 1. The van der Waals surface area contributed by atoms with Gasteiger partial charge in [0.2, 0.25) is 0 Å². The number of aryl methyl sites for hydroxylation is 1. The van der Waals surface area contributed by atoms with Crippen LogP contribution < -0.4 is 4.90 Å². The molecule has 0 aromatic heterocycles. The van der Waals surface area contributed by atoms with Gasteiger partial charge in [0.1, 0.15) is 0 Å². The average molecular weight is 344 g/mol. The largest absolute Gasteiger partial charge is 0.347 e. The van der Waals surface area contributed by atoms with Gasteiger partial charge < -0.3 is 4.90 Å². The molecule has 0 fully saturated rings. The van der Waals surface area contributed by atoms with E-state index in [1.54, 1.807) is 12.1 Å². The van der Waals surface area contributed by atoms with Crippen LogP contribution in [0.15, 0.2) is 48.7 Å². The SMILES string of the molecule is [C-]#[N+]c1ccc(/C(=C\N2CCc3cc(C)ccc32)C(=O)C(C)(C)C)cc1. The van der Waals surface area contributed by atoms with Crippen molar-refractivity contribution in [1.29, 1.82) is 0 Å². The minimum absolute atomic E-state index is 0.105. The van der Waals surface area contributed by atoms with Crippen molar-refractivity contribution in [1.82, 2.24) is 0 Å². The third-order valence-corrected chi connectivity index (χ3v) is 4.68. The van der Waals surface area contributed by atoms with Gasteiger partial charge in [0.25, 0.3) is 0 Å². The number of benzene rings is 2. The number of rotatable bonds is 3. The highest BCUT2D eigenvalue weighted by atomic mass is 16.1. The average Bonchev–Trinajstić information content (AvgIpc) is 3.00. The zero-order chi connectivity index (χ0) is 18.9. The van der Waals surface area contributed by atoms with Gasteiger partial charge in [-0.25, -0.2) is 4.85 Å². The van der Waals surface area contributed by atoms with Crippen LogP contribution in [0.25, 0.3) is 10.4 Å². The maximum atomic E-state index is 13.1. The van der Waals surface area contributed by atoms with Gasteiger partial charge >= 0.3 is 0 Å². The predicted molar refractivity (Wildman–Crippen MR) is 107 cm³/mol. The summed E-state index contributed by atoms with van der Waals surface area (Å²) in [6, 6.07) is 13.7. The molecule has 0 radical (unpaired) electrons. The van der Waals surface area contributed by atoms with E-state index in [0.29, 0.717) is 11.3 Å². The lowest BCUT2D eigenvalue weighted by atomic mass is 9.84. The third-order valence-electron chi connectivity index (χ3n) is 4.68. The molecular weight excluding hydrogens is 320 g/mol. The van der Waals surface area contributed by atoms with E-state index in [-0.39, 0.29) is 5.78 Å². The standard InChI is InChI=1S/C23H24N2O/c1-16-6-11-21-18(14-16)12-13-25(21)15-20(22(26)23(2,3)4)17-7-9-19(24-5)10-8-17/h6-11,14-15H,12-13H2,1-4H3/b20-15+. The van der Waals surface area contributed by atoms with Crippen LogP contribution in [0.2, 0.25) is 0 Å². The van der Waals surface area contributed by atoms with E-state index >= 15 is 0 Å². The Labute approximate surface area is 155 Å². The molecule has 1 aliphatic heterocycles. The number of fused-ring (bicyclic) bond motifs is 1. The Morgan fingerprint density at radius 1 is 1.15 bits per heavy atom. The number of hydrogen-bond acceptors (Lipinski definition) is 2. The molecule has 3 rings (SSSR count). The Morgan fingerprint density at radius 3 is 2.46 bits per heavy atom. The highest BCUT2D eigenvalue weighted by Crippen LogP contribution is 2.33. The van der Waals surface area contributed by atoms with Crippen LogP contribution in [-0.4, -0.2) is 12.3 Å². The second kappa shape index (κ2) is 6.80. The van der Waals surface area contributed by atoms with Crippen molar-refractivity contribution in [2.45, 2.75) is 34.1 Å². The Bertz CT molecular complexity index is 909. The van der Waals surface area contributed by atoms with Gasteiger partial charge in [0.05, 0.1) is 6.57 Å². The normalized spacial score (nSPS) is 14.1. The molecule has 2 aromatic carbocycles. The topological polar surface area (TPSA) is 24.7 Å². The van der Waals surface area contributed by atoms with Gasteiger partial charge in [-0.05, 0) is 30.5 Å². The summed E-state index contributed by atoms with van der Waals surface area (Å²) < 4.78 is 0. The minimum Gasteiger partial charge on any atom is -0.347 e. The van der Waals surface area contributed by atoms with Crippen LogP contribution in [0.4, 0.5) is 11.4 Å². The number of allylic oxidation sites excluding steroid dienone is 1. The van der Waals surface area contributed by atoms with Crippen molar-refractivity contribution in [2.24, 2.45) is 5.41 Å². The van der Waals surface area contributed by atoms with Crippen molar-refractivity contribution in [3.05, 3.63) is 76.8 Å². The van der Waals surface area contributed by atoms with Crippen LogP contribution in [0.3, 0.4) is 0 Å². The van der Waals surface area contributed by atoms with E-state index in [0.717, 1.165) is 18.5 Å². The molecule has 0 amide bonds. The summed E-state index contributed by atoms with van der Waals surface area (Å²) in [5, 5.41) is 0. The Hall–Kier alpha value is -2.86. The maximum absolute atomic E-state index is 13.1. The zero-order valence-electron chi connectivity index (χ0n) is 15.8. The molecule has 0 unspecified atom stereocenters. The summed E-state index contributed by atoms with van der Waals surface area (Å²) >= 11 is 0. The molecule has 0 aliphatic carbocycles. The quantitative estimate of drug-likeness (QED) is 0.537. The van der Waals surface area contributed by atoms with Crippen molar-refractivity contribution < 1.29 is 4.79 Å². The first-order valence-electron chi connectivity index (χ1n) is 8.90. The molecule has 1 aliphatic rings. The fraction of sp³-hybridized carbons (Fsp3) is 0.304. The number of nitrogens with zero attached hydrogens (tertiary/aromatic N) is 2. The van der Waals surface area contributed by atoms with E-state index < -0.39 is 5.41 Å². The van der Waals surface area contributed by atoms with E-state index in [2.05, 4.69) is 34.9 Å². The van der Waals surface area contributed by atoms with Crippen molar-refractivity contribution in [3.8, 4) is 0 Å². The molecule has 1 heterocycles. The number of Topliss-reactive ketones (excluding diaryl/α,β-unsaturated/α-hetero) is 1. The fourth-order valence-electron chi connectivity index (χ4n) is 3.23. The second-order valence-electron chi connectivity index (χ2n) is 7.86. The summed E-state index contributed by atoms with van der Waals surface area (Å²) in [7, 11) is 0. The molecule has 3 heteroatoms. The van der Waals surface area contributed by atoms with Gasteiger partial charge in [-0.1, -0.05) is 62.7 Å². The van der Waals surface area contributed by atoms with Crippen LogP contribution in [0.1, 0.15) is 37.5 Å². The van der Waals surface area contributed by atoms with E-state index in [1.807, 2.05) is 39.1 Å². The smallest absolute Gasteiger partial charge is 0.187 e. The highest BCUT2D eigenvalue weighted by Gasteiger charge is 2.28. The zero-order valence-corrected chi connectivity index (χ0v) is 15.8. The molecule has 0 bridgehead atoms. The Kier molecular flexibility index (Phi) is 4.70. The van der Waals surface area contributed by atoms with Crippen LogP contribution >= 0.6 is 0 Å². The van der Waals surface area contributed by atoms with Gasteiger partial charge in [-0.15, -0.1) is 0 Å². The Balaban J connectivity index is 2.06. The molecule has 0 spiro atoms. The lowest BCUT2D eigenvalue weighted by molar-refractivity contribution is -0.120. The summed E-state index contributed by atoms with van der Waals surface area (Å²) in [5.74, 6) is 0.105. The van der Waals surface area contributed by atoms with E-state index in [1.165, 1.54) is 16.8 Å². The van der Waals surface area contributed by atoms with Crippen LogP contribution in [0, 0.1) is 18.9 Å². The van der Waals surface area contributed by atoms with Crippen molar-refractivity contribution in [2.75, 3.05) is 11.4 Å². The summed E-state index contributed by atoms with van der Waals surface area (Å²) in [4.78, 5) is 18.7. The lowest BCUT2D eigenvalue weighted by Crippen LogP contribution is -2.24. The molecule has 0 saturated carbocycles. The van der Waals surface area contributed by atoms with Gasteiger partial charge in [0, 0.05) is 29.4 Å². The van der Waals surface area contributed by atoms with E-state index in [9.17, 15) is 4.79 Å². The maximum Gasteiger partial charge on any atom is 0.187 e. The monoisotopic (exact) mass is 344 g/mol. The first-order valence-corrected chi connectivity index (χ1v) is 8.90. The summed E-state index contributed by atoms with van der Waals surface area (Å²) in [6.45, 7) is 15.9. The first-order chi connectivity index (χ1) is 12.3.